The zero-order valence-corrected chi connectivity index (χ0v) is 19.7. The van der Waals surface area contributed by atoms with Crippen molar-refractivity contribution in [1.29, 1.82) is 5.26 Å². The van der Waals surface area contributed by atoms with E-state index in [2.05, 4.69) is 21.7 Å². The van der Waals surface area contributed by atoms with E-state index in [1.165, 1.54) is 17.4 Å². The van der Waals surface area contributed by atoms with E-state index in [9.17, 15) is 14.9 Å². The normalized spacial score (nSPS) is 15.1. The molecule has 10 heteroatoms. The van der Waals surface area contributed by atoms with E-state index < -0.39 is 6.09 Å². The minimum absolute atomic E-state index is 0.174. The number of thiophene rings is 2. The number of nitriles is 1. The van der Waals surface area contributed by atoms with Gasteiger partial charge in [0.15, 0.2) is 0 Å². The Morgan fingerprint density at radius 3 is 3.06 bits per heavy atom. The first-order valence-corrected chi connectivity index (χ1v) is 12.2. The number of rotatable bonds is 7. The molecule has 1 aliphatic rings. The van der Waals surface area contributed by atoms with Crippen molar-refractivity contribution in [2.24, 2.45) is 13.0 Å². The van der Waals surface area contributed by atoms with Gasteiger partial charge in [0.1, 0.15) is 11.1 Å². The van der Waals surface area contributed by atoms with Crippen LogP contribution in [-0.2, 0) is 36.0 Å². The van der Waals surface area contributed by atoms with E-state index in [1.807, 2.05) is 29.1 Å². The van der Waals surface area contributed by atoms with E-state index in [1.54, 1.807) is 29.9 Å². The first kappa shape index (κ1) is 22.8. The lowest BCUT2D eigenvalue weighted by molar-refractivity contribution is -0.111. The van der Waals surface area contributed by atoms with Crippen LogP contribution < -0.4 is 10.6 Å². The SMILES string of the molecule is Cn1cncc1CNC(=O)OCC1CCc2c(sc(NC(=O)C=Cc3cccs3)c2C#N)C1. The number of nitrogens with one attached hydrogen (secondary N) is 2. The monoisotopic (exact) mass is 481 g/mol. The third kappa shape index (κ3) is 5.69. The zero-order chi connectivity index (χ0) is 23.2. The third-order valence-electron chi connectivity index (χ3n) is 5.44. The van der Waals surface area contributed by atoms with Crippen molar-refractivity contribution in [3.8, 4) is 6.07 Å². The number of amides is 2. The summed E-state index contributed by atoms with van der Waals surface area (Å²) in [4.78, 5) is 30.5. The Bertz CT molecular complexity index is 1200. The number of aromatic nitrogens is 2. The van der Waals surface area contributed by atoms with Crippen molar-refractivity contribution in [3.63, 3.8) is 0 Å². The molecule has 170 valence electrons. The summed E-state index contributed by atoms with van der Waals surface area (Å²) < 4.78 is 7.25. The van der Waals surface area contributed by atoms with Crippen LogP contribution in [0.25, 0.3) is 6.08 Å². The predicted octanol–water partition coefficient (Wildman–Crippen LogP) is 4.10. The molecule has 3 heterocycles. The molecule has 0 radical (unpaired) electrons. The highest BCUT2D eigenvalue weighted by Gasteiger charge is 2.27. The first-order chi connectivity index (χ1) is 16.0. The Balaban J connectivity index is 1.31. The van der Waals surface area contributed by atoms with Crippen molar-refractivity contribution in [3.05, 3.63) is 62.7 Å². The molecular weight excluding hydrogens is 458 g/mol. The Morgan fingerprint density at radius 2 is 2.33 bits per heavy atom. The van der Waals surface area contributed by atoms with Crippen molar-refractivity contribution in [1.82, 2.24) is 14.9 Å². The minimum atomic E-state index is -0.462. The van der Waals surface area contributed by atoms with Gasteiger partial charge in [0, 0.05) is 29.1 Å². The fraction of sp³-hybridized carbons (Fsp3) is 0.304. The van der Waals surface area contributed by atoms with Gasteiger partial charge >= 0.3 is 6.09 Å². The van der Waals surface area contributed by atoms with E-state index in [4.69, 9.17) is 4.74 Å². The number of carbonyl (C=O) groups is 2. The number of hydrogen-bond donors (Lipinski definition) is 2. The van der Waals surface area contributed by atoms with E-state index >= 15 is 0 Å². The minimum Gasteiger partial charge on any atom is -0.449 e. The summed E-state index contributed by atoms with van der Waals surface area (Å²) in [5.41, 5.74) is 2.43. The maximum Gasteiger partial charge on any atom is 0.407 e. The van der Waals surface area contributed by atoms with Gasteiger partial charge in [-0.15, -0.1) is 22.7 Å². The number of carbonyl (C=O) groups excluding carboxylic acids is 2. The highest BCUT2D eigenvalue weighted by Crippen LogP contribution is 2.39. The van der Waals surface area contributed by atoms with Gasteiger partial charge in [-0.1, -0.05) is 6.07 Å². The quantitative estimate of drug-likeness (QED) is 0.494. The second kappa shape index (κ2) is 10.5. The molecule has 0 saturated heterocycles. The number of fused-ring (bicyclic) bond motifs is 1. The molecule has 0 aliphatic heterocycles. The molecule has 0 saturated carbocycles. The fourth-order valence-corrected chi connectivity index (χ4v) is 5.60. The predicted molar refractivity (Wildman–Crippen MR) is 128 cm³/mol. The fourth-order valence-electron chi connectivity index (χ4n) is 3.66. The van der Waals surface area contributed by atoms with E-state index in [0.717, 1.165) is 33.9 Å². The van der Waals surface area contributed by atoms with Crippen LogP contribution in [0, 0.1) is 17.2 Å². The maximum absolute atomic E-state index is 12.3. The van der Waals surface area contributed by atoms with Crippen LogP contribution in [0.15, 0.2) is 36.1 Å². The topological polar surface area (TPSA) is 109 Å². The average Bonchev–Trinajstić information content (AvgIpc) is 3.54. The van der Waals surface area contributed by atoms with Gasteiger partial charge in [0.2, 0.25) is 5.91 Å². The largest absolute Gasteiger partial charge is 0.449 e. The lowest BCUT2D eigenvalue weighted by atomic mass is 9.88. The highest BCUT2D eigenvalue weighted by molar-refractivity contribution is 7.16. The van der Waals surface area contributed by atoms with Crippen LogP contribution in [0.4, 0.5) is 9.80 Å². The van der Waals surface area contributed by atoms with Crippen LogP contribution in [0.5, 0.6) is 0 Å². The number of nitrogens with zero attached hydrogens (tertiary/aromatic N) is 3. The van der Waals surface area contributed by atoms with Crippen LogP contribution >= 0.6 is 22.7 Å². The molecule has 3 aromatic heterocycles. The van der Waals surface area contributed by atoms with Gasteiger partial charge in [-0.25, -0.2) is 9.78 Å². The van der Waals surface area contributed by atoms with Crippen molar-refractivity contribution < 1.29 is 14.3 Å². The maximum atomic E-state index is 12.3. The molecule has 2 N–H and O–H groups in total. The summed E-state index contributed by atoms with van der Waals surface area (Å²) in [7, 11) is 1.86. The molecule has 33 heavy (non-hydrogen) atoms. The summed E-state index contributed by atoms with van der Waals surface area (Å²) in [5.74, 6) is -0.0871. The summed E-state index contributed by atoms with van der Waals surface area (Å²) in [6, 6.07) is 6.11. The second-order valence-corrected chi connectivity index (χ2v) is 9.80. The lowest BCUT2D eigenvalue weighted by Gasteiger charge is -2.21. The number of imidazole rings is 1. The summed E-state index contributed by atoms with van der Waals surface area (Å²) in [5, 5.41) is 17.8. The molecule has 0 bridgehead atoms. The van der Waals surface area contributed by atoms with Crippen molar-refractivity contribution >= 4 is 45.8 Å². The Labute approximate surface area is 199 Å². The summed E-state index contributed by atoms with van der Waals surface area (Å²) in [6.07, 6.45) is 8.40. The van der Waals surface area contributed by atoms with Crippen LogP contribution in [0.1, 0.15) is 33.0 Å². The molecular formula is C23H23N5O3S2. The molecule has 1 aliphatic carbocycles. The molecule has 4 rings (SSSR count). The smallest absolute Gasteiger partial charge is 0.407 e. The van der Waals surface area contributed by atoms with Crippen molar-refractivity contribution in [2.75, 3.05) is 11.9 Å². The van der Waals surface area contributed by atoms with Crippen LogP contribution in [-0.4, -0.2) is 28.2 Å². The second-order valence-electron chi connectivity index (χ2n) is 7.71. The standard InChI is InChI=1S/C23H23N5O3S2/c1-28-14-25-11-16(28)12-26-23(30)31-13-15-4-6-18-19(10-24)22(33-20(18)9-15)27-21(29)7-5-17-3-2-8-32-17/h2-3,5,7-8,11,14-15H,4,6,9,12-13H2,1H3,(H,26,30)(H,27,29). The molecule has 3 aromatic rings. The average molecular weight is 482 g/mol. The van der Waals surface area contributed by atoms with Gasteiger partial charge in [-0.05, 0) is 48.3 Å². The number of ether oxygens (including phenoxy) is 1. The number of alkyl carbamates (subject to hydrolysis) is 1. The Hall–Kier alpha value is -3.42. The summed E-state index contributed by atoms with van der Waals surface area (Å²) >= 11 is 2.98. The van der Waals surface area contributed by atoms with Gasteiger partial charge in [-0.2, -0.15) is 5.26 Å². The zero-order valence-electron chi connectivity index (χ0n) is 18.0. The molecule has 0 aromatic carbocycles. The number of aryl methyl sites for hydroxylation is 1. The number of hydrogen-bond acceptors (Lipinski definition) is 7. The van der Waals surface area contributed by atoms with Crippen LogP contribution in [0.2, 0.25) is 0 Å². The van der Waals surface area contributed by atoms with E-state index in [-0.39, 0.29) is 11.8 Å². The molecule has 0 fully saturated rings. The lowest BCUT2D eigenvalue weighted by Crippen LogP contribution is -2.28. The highest BCUT2D eigenvalue weighted by atomic mass is 32.1. The van der Waals surface area contributed by atoms with Crippen molar-refractivity contribution in [2.45, 2.75) is 25.8 Å². The van der Waals surface area contributed by atoms with Gasteiger partial charge in [-0.3, -0.25) is 4.79 Å². The van der Waals surface area contributed by atoms with E-state index in [0.29, 0.717) is 30.1 Å². The van der Waals surface area contributed by atoms with Gasteiger partial charge < -0.3 is 19.9 Å². The molecule has 8 nitrogen and oxygen atoms in total. The molecule has 1 atom stereocenters. The third-order valence-corrected chi connectivity index (χ3v) is 7.45. The first-order valence-electron chi connectivity index (χ1n) is 10.5. The van der Waals surface area contributed by atoms with Gasteiger partial charge in [0.05, 0.1) is 30.7 Å². The summed E-state index contributed by atoms with van der Waals surface area (Å²) in [6.45, 7) is 0.659. The molecule has 2 amide bonds. The Morgan fingerprint density at radius 1 is 1.45 bits per heavy atom. The molecule has 0 spiro atoms. The number of anilines is 1. The van der Waals surface area contributed by atoms with Gasteiger partial charge in [0.25, 0.3) is 0 Å². The molecule has 1 unspecified atom stereocenters. The Kier molecular flexibility index (Phi) is 7.22. The van der Waals surface area contributed by atoms with Crippen LogP contribution in [0.3, 0.4) is 0 Å².